The Balaban J connectivity index is 2.33. The Kier molecular flexibility index (Phi) is 3.45. The zero-order valence-electron chi connectivity index (χ0n) is 10.6. The van der Waals surface area contributed by atoms with E-state index in [9.17, 15) is 0 Å². The maximum atomic E-state index is 3.40. The second-order valence-corrected chi connectivity index (χ2v) is 4.86. The molecule has 1 heterocycles. The SMILES string of the molecule is Cc1cc(C)c(C=C2CCNCC2)c(C)c1. The van der Waals surface area contributed by atoms with Gasteiger partial charge in [-0.05, 0) is 63.4 Å². The molecule has 0 unspecified atom stereocenters. The lowest BCUT2D eigenvalue weighted by Gasteiger charge is -2.16. The average molecular weight is 215 g/mol. The third kappa shape index (κ3) is 2.53. The Labute approximate surface area is 98.6 Å². The van der Waals surface area contributed by atoms with Crippen molar-refractivity contribution in [1.82, 2.24) is 5.32 Å². The molecule has 1 aromatic carbocycles. The lowest BCUT2D eigenvalue weighted by atomic mass is 9.95. The second-order valence-electron chi connectivity index (χ2n) is 4.86. The van der Waals surface area contributed by atoms with Gasteiger partial charge in [-0.1, -0.05) is 29.3 Å². The van der Waals surface area contributed by atoms with Crippen LogP contribution < -0.4 is 5.32 Å². The van der Waals surface area contributed by atoms with Gasteiger partial charge in [-0.25, -0.2) is 0 Å². The van der Waals surface area contributed by atoms with E-state index in [0.29, 0.717) is 0 Å². The molecule has 0 spiro atoms. The average Bonchev–Trinajstić information content (AvgIpc) is 2.25. The van der Waals surface area contributed by atoms with Crippen molar-refractivity contribution in [3.8, 4) is 0 Å². The standard InChI is InChI=1S/C15H21N/c1-11-8-12(2)15(13(3)9-11)10-14-4-6-16-7-5-14/h8-10,16H,4-7H2,1-3H3. The molecule has 0 amide bonds. The van der Waals surface area contributed by atoms with E-state index in [0.717, 1.165) is 13.1 Å². The fraction of sp³-hybridized carbons (Fsp3) is 0.467. The van der Waals surface area contributed by atoms with E-state index in [2.05, 4.69) is 44.3 Å². The summed E-state index contributed by atoms with van der Waals surface area (Å²) in [7, 11) is 0. The summed E-state index contributed by atoms with van der Waals surface area (Å²) >= 11 is 0. The first-order chi connectivity index (χ1) is 7.66. The van der Waals surface area contributed by atoms with Gasteiger partial charge in [-0.2, -0.15) is 0 Å². The van der Waals surface area contributed by atoms with Crippen LogP contribution in [0.4, 0.5) is 0 Å². The van der Waals surface area contributed by atoms with Crippen LogP contribution in [0.2, 0.25) is 0 Å². The highest BCUT2D eigenvalue weighted by Crippen LogP contribution is 2.22. The topological polar surface area (TPSA) is 12.0 Å². The molecule has 1 saturated heterocycles. The van der Waals surface area contributed by atoms with Crippen molar-refractivity contribution in [3.63, 3.8) is 0 Å². The fourth-order valence-electron chi connectivity index (χ4n) is 2.52. The van der Waals surface area contributed by atoms with Gasteiger partial charge in [0.2, 0.25) is 0 Å². The molecule has 86 valence electrons. The highest BCUT2D eigenvalue weighted by molar-refractivity contribution is 5.61. The van der Waals surface area contributed by atoms with Crippen molar-refractivity contribution in [2.24, 2.45) is 0 Å². The lowest BCUT2D eigenvalue weighted by molar-refractivity contribution is 0.613. The summed E-state index contributed by atoms with van der Waals surface area (Å²) in [5.41, 5.74) is 7.20. The Morgan fingerprint density at radius 2 is 1.56 bits per heavy atom. The Morgan fingerprint density at radius 3 is 2.12 bits per heavy atom. The summed E-state index contributed by atoms with van der Waals surface area (Å²) in [6.45, 7) is 8.87. The molecule has 16 heavy (non-hydrogen) atoms. The molecule has 1 aliphatic heterocycles. The molecule has 0 aliphatic carbocycles. The van der Waals surface area contributed by atoms with Crippen molar-refractivity contribution < 1.29 is 0 Å². The first-order valence-electron chi connectivity index (χ1n) is 6.15. The van der Waals surface area contributed by atoms with Gasteiger partial charge in [0.05, 0.1) is 0 Å². The van der Waals surface area contributed by atoms with E-state index >= 15 is 0 Å². The predicted octanol–water partition coefficient (Wildman–Crippen LogP) is 3.38. The van der Waals surface area contributed by atoms with E-state index in [4.69, 9.17) is 0 Å². The largest absolute Gasteiger partial charge is 0.316 e. The number of hydrogen-bond donors (Lipinski definition) is 1. The van der Waals surface area contributed by atoms with Gasteiger partial charge in [0.1, 0.15) is 0 Å². The Morgan fingerprint density at radius 1 is 1.00 bits per heavy atom. The molecule has 1 fully saturated rings. The first-order valence-corrected chi connectivity index (χ1v) is 6.15. The van der Waals surface area contributed by atoms with E-state index in [-0.39, 0.29) is 0 Å². The van der Waals surface area contributed by atoms with Crippen molar-refractivity contribution in [2.75, 3.05) is 13.1 Å². The maximum absolute atomic E-state index is 3.40. The van der Waals surface area contributed by atoms with Gasteiger partial charge in [0, 0.05) is 0 Å². The van der Waals surface area contributed by atoms with Crippen molar-refractivity contribution >= 4 is 6.08 Å². The van der Waals surface area contributed by atoms with Gasteiger partial charge in [0.25, 0.3) is 0 Å². The molecule has 1 aromatic rings. The van der Waals surface area contributed by atoms with Crippen LogP contribution in [0.25, 0.3) is 6.08 Å². The second kappa shape index (κ2) is 4.84. The van der Waals surface area contributed by atoms with Crippen molar-refractivity contribution in [1.29, 1.82) is 0 Å². The summed E-state index contributed by atoms with van der Waals surface area (Å²) in [5.74, 6) is 0. The van der Waals surface area contributed by atoms with Crippen LogP contribution in [0, 0.1) is 20.8 Å². The van der Waals surface area contributed by atoms with Crippen LogP contribution in [0.1, 0.15) is 35.1 Å². The fourth-order valence-corrected chi connectivity index (χ4v) is 2.52. The molecule has 1 N–H and O–H groups in total. The molecular weight excluding hydrogens is 194 g/mol. The molecular formula is C15H21N. The number of nitrogens with one attached hydrogen (secondary N) is 1. The molecule has 2 rings (SSSR count). The first kappa shape index (κ1) is 11.4. The lowest BCUT2D eigenvalue weighted by Crippen LogP contribution is -2.23. The minimum Gasteiger partial charge on any atom is -0.316 e. The van der Waals surface area contributed by atoms with Crippen LogP contribution in [0.5, 0.6) is 0 Å². The maximum Gasteiger partial charge on any atom is -0.00113 e. The van der Waals surface area contributed by atoms with Crippen LogP contribution in [-0.2, 0) is 0 Å². The van der Waals surface area contributed by atoms with E-state index in [1.54, 1.807) is 5.57 Å². The normalized spacial score (nSPS) is 16.3. The van der Waals surface area contributed by atoms with Gasteiger partial charge >= 0.3 is 0 Å². The number of aryl methyl sites for hydroxylation is 3. The minimum atomic E-state index is 1.13. The third-order valence-electron chi connectivity index (χ3n) is 3.33. The van der Waals surface area contributed by atoms with Crippen LogP contribution in [0.3, 0.4) is 0 Å². The molecule has 0 atom stereocenters. The monoisotopic (exact) mass is 215 g/mol. The van der Waals surface area contributed by atoms with Crippen LogP contribution in [0.15, 0.2) is 17.7 Å². The van der Waals surface area contributed by atoms with E-state index in [1.807, 2.05) is 0 Å². The number of piperidine rings is 1. The van der Waals surface area contributed by atoms with Crippen molar-refractivity contribution in [3.05, 3.63) is 40.0 Å². The number of hydrogen-bond acceptors (Lipinski definition) is 1. The third-order valence-corrected chi connectivity index (χ3v) is 3.33. The highest BCUT2D eigenvalue weighted by Gasteiger charge is 2.07. The van der Waals surface area contributed by atoms with Gasteiger partial charge < -0.3 is 5.32 Å². The molecule has 0 aromatic heterocycles. The quantitative estimate of drug-likeness (QED) is 0.757. The molecule has 0 bridgehead atoms. The summed E-state index contributed by atoms with van der Waals surface area (Å²) in [6, 6.07) is 4.56. The highest BCUT2D eigenvalue weighted by atomic mass is 14.9. The molecule has 1 nitrogen and oxygen atoms in total. The Bertz CT molecular complexity index is 384. The van der Waals surface area contributed by atoms with E-state index in [1.165, 1.54) is 35.1 Å². The van der Waals surface area contributed by atoms with Crippen LogP contribution in [-0.4, -0.2) is 13.1 Å². The smallest absolute Gasteiger partial charge is 0.00113 e. The summed E-state index contributed by atoms with van der Waals surface area (Å²) in [6.07, 6.45) is 4.81. The van der Waals surface area contributed by atoms with Gasteiger partial charge in [-0.3, -0.25) is 0 Å². The minimum absolute atomic E-state index is 1.13. The van der Waals surface area contributed by atoms with Crippen LogP contribution >= 0.6 is 0 Å². The molecule has 1 heteroatoms. The zero-order valence-corrected chi connectivity index (χ0v) is 10.6. The summed E-state index contributed by atoms with van der Waals surface area (Å²) in [4.78, 5) is 0. The summed E-state index contributed by atoms with van der Waals surface area (Å²) < 4.78 is 0. The molecule has 0 radical (unpaired) electrons. The van der Waals surface area contributed by atoms with Gasteiger partial charge in [0.15, 0.2) is 0 Å². The summed E-state index contributed by atoms with van der Waals surface area (Å²) in [5, 5.41) is 3.40. The zero-order chi connectivity index (χ0) is 11.5. The van der Waals surface area contributed by atoms with Gasteiger partial charge in [-0.15, -0.1) is 0 Å². The van der Waals surface area contributed by atoms with Crippen molar-refractivity contribution in [2.45, 2.75) is 33.6 Å². The molecule has 1 aliphatic rings. The Hall–Kier alpha value is -1.08. The number of rotatable bonds is 1. The molecule has 0 saturated carbocycles. The number of benzene rings is 1. The van der Waals surface area contributed by atoms with E-state index < -0.39 is 0 Å². The predicted molar refractivity (Wildman–Crippen MR) is 70.7 cm³/mol.